The number of fused-ring (bicyclic) bond motifs is 4. The van der Waals surface area contributed by atoms with Crippen LogP contribution in [0.1, 0.15) is 102 Å². The molecule has 340 valence electrons. The Kier molecular flexibility index (Phi) is 9.79. The molecular weight excluding hydrogens is 843 g/mol. The quantitative estimate of drug-likeness (QED) is 0.161. The lowest BCUT2D eigenvalue weighted by atomic mass is 9.69. The third kappa shape index (κ3) is 6.79. The van der Waals surface area contributed by atoms with Crippen LogP contribution < -0.4 is 38.5 Å². The van der Waals surface area contributed by atoms with Gasteiger partial charge in [0.15, 0.2) is 0 Å². The van der Waals surface area contributed by atoms with Crippen molar-refractivity contribution < 1.29 is 9.90 Å². The van der Waals surface area contributed by atoms with Crippen molar-refractivity contribution in [1.82, 2.24) is 23.5 Å². The Labute approximate surface area is 384 Å². The highest BCUT2D eigenvalue weighted by Gasteiger charge is 2.43. The molecule has 5 aromatic carbocycles. The van der Waals surface area contributed by atoms with Crippen LogP contribution >= 0.6 is 0 Å². The van der Waals surface area contributed by atoms with Crippen molar-refractivity contribution in [3.05, 3.63) is 181 Å². The van der Waals surface area contributed by atoms with Crippen LogP contribution in [0.4, 0.5) is 0 Å². The van der Waals surface area contributed by atoms with E-state index in [1.54, 1.807) is 52.0 Å². The van der Waals surface area contributed by atoms with Crippen LogP contribution in [-0.2, 0) is 28.3 Å². The highest BCUT2D eigenvalue weighted by molar-refractivity contribution is 5.99. The maximum Gasteiger partial charge on any atom is 0.335 e. The molecule has 0 aliphatic carbocycles. The van der Waals surface area contributed by atoms with Crippen LogP contribution in [0.5, 0.6) is 0 Å². The number of carboxylic acids is 1. The summed E-state index contributed by atoms with van der Waals surface area (Å²) >= 11 is 0. The van der Waals surface area contributed by atoms with Crippen molar-refractivity contribution in [3.63, 3.8) is 0 Å². The second kappa shape index (κ2) is 14.7. The summed E-state index contributed by atoms with van der Waals surface area (Å²) in [6, 6.07) is 26.5. The topological polar surface area (TPSA) is 158 Å². The summed E-state index contributed by atoms with van der Waals surface area (Å²) in [5, 5.41) is 16.9. The summed E-state index contributed by atoms with van der Waals surface area (Å²) < 4.78 is 5.49. The lowest BCUT2D eigenvalue weighted by Crippen LogP contribution is -2.52. The van der Waals surface area contributed by atoms with Gasteiger partial charge in [-0.1, -0.05) is 84.2 Å². The molecule has 67 heavy (non-hydrogen) atoms. The fourth-order valence-corrected chi connectivity index (χ4v) is 9.73. The lowest BCUT2D eigenvalue weighted by Gasteiger charge is -2.42. The van der Waals surface area contributed by atoms with E-state index in [4.69, 9.17) is 0 Å². The number of aromatic amines is 1. The highest BCUT2D eigenvalue weighted by atomic mass is 16.4. The van der Waals surface area contributed by atoms with E-state index < -0.39 is 44.7 Å². The molecular formula is C55H53N5O7. The van der Waals surface area contributed by atoms with E-state index in [1.165, 1.54) is 34.5 Å². The first-order valence-corrected chi connectivity index (χ1v) is 22.2. The van der Waals surface area contributed by atoms with Gasteiger partial charge in [0.25, 0.3) is 27.8 Å². The molecule has 9 rings (SSSR count). The number of hydrogen-bond acceptors (Lipinski definition) is 6. The van der Waals surface area contributed by atoms with Gasteiger partial charge in [-0.05, 0) is 123 Å². The second-order valence-corrected chi connectivity index (χ2v) is 21.0. The van der Waals surface area contributed by atoms with Crippen molar-refractivity contribution in [1.29, 1.82) is 0 Å². The minimum Gasteiger partial charge on any atom is -0.478 e. The number of nitrogens with zero attached hydrogens (tertiary/aromatic N) is 4. The third-order valence-corrected chi connectivity index (χ3v) is 14.2. The van der Waals surface area contributed by atoms with Crippen LogP contribution in [0.3, 0.4) is 0 Å². The normalized spacial score (nSPS) is 12.9. The zero-order chi connectivity index (χ0) is 48.6. The van der Waals surface area contributed by atoms with Crippen molar-refractivity contribution in [3.8, 4) is 11.4 Å². The van der Waals surface area contributed by atoms with Gasteiger partial charge in [0.1, 0.15) is 0 Å². The maximum atomic E-state index is 14.5. The molecule has 0 spiro atoms. The largest absolute Gasteiger partial charge is 0.478 e. The van der Waals surface area contributed by atoms with Gasteiger partial charge in [0.05, 0.1) is 54.9 Å². The fourth-order valence-electron chi connectivity index (χ4n) is 9.73. The van der Waals surface area contributed by atoms with Gasteiger partial charge in [-0.2, -0.15) is 0 Å². The molecule has 0 aliphatic rings. The summed E-state index contributed by atoms with van der Waals surface area (Å²) in [5.41, 5.74) is -0.949. The van der Waals surface area contributed by atoms with E-state index in [1.807, 2.05) is 22.8 Å². The first kappa shape index (κ1) is 44.6. The van der Waals surface area contributed by atoms with E-state index in [9.17, 15) is 33.9 Å². The Balaban J connectivity index is 1.09. The number of benzene rings is 5. The molecule has 0 fully saturated rings. The monoisotopic (exact) mass is 895 g/mol. The van der Waals surface area contributed by atoms with Gasteiger partial charge in [0.2, 0.25) is 0 Å². The summed E-state index contributed by atoms with van der Waals surface area (Å²) in [6.45, 7) is 28.3. The van der Waals surface area contributed by atoms with Gasteiger partial charge in [-0.15, -0.1) is 0 Å². The molecule has 4 heterocycles. The molecule has 2 N–H and O–H groups in total. The summed E-state index contributed by atoms with van der Waals surface area (Å²) in [6.07, 6.45) is 0.663. The van der Waals surface area contributed by atoms with Crippen LogP contribution in [0.2, 0.25) is 0 Å². The maximum absolute atomic E-state index is 14.5. The Morgan fingerprint density at radius 2 is 1.03 bits per heavy atom. The molecule has 9 aromatic rings. The average molecular weight is 896 g/mol. The first-order chi connectivity index (χ1) is 31.2. The molecule has 4 aromatic heterocycles. The van der Waals surface area contributed by atoms with Crippen LogP contribution in [0, 0.1) is 0 Å². The molecule has 0 saturated heterocycles. The van der Waals surface area contributed by atoms with E-state index in [2.05, 4.69) is 84.1 Å². The first-order valence-electron chi connectivity index (χ1n) is 22.2. The standard InChI is InChI=1S/C55H53N5O7/c1-29-38-25-44-45(28-39(38)30(2)58(29)53(6,7)8)56-60(50(44)65)37-23-33(51(66)67)22-35(24-37)54(9,10)55(11,12)59-48(63)42-26-40-41(27-43(42)49(59)64)47(62)57(46(40)61)36-19-15-32(16-20-36)21-31-13-17-34(18-14-31)52(3,4)5/h13-20,22-28,56H,1-2,21H2,3-12H3,(H,66,67). The SMILES string of the molecule is C=c1c2cc3[nH]n(-c4cc(C(=O)O)cc(C(C)(C)C(C)(C)n5c(=O)c6cc7c(=O)n(-c8ccc(Cc9ccc(C(C)(C)C)cc9)cc8)c(=O)c7cc6c5=O)c4)c(=O)c3cc2c(=C)n1C(C)(C)C. The zero-order valence-corrected chi connectivity index (χ0v) is 39.5. The lowest BCUT2D eigenvalue weighted by molar-refractivity contribution is 0.0696. The van der Waals surface area contributed by atoms with Gasteiger partial charge in [-0.3, -0.25) is 33.6 Å². The fraction of sp³-hybridized carbons (Fsp3) is 0.273. The van der Waals surface area contributed by atoms with Crippen molar-refractivity contribution in [2.45, 2.75) is 97.6 Å². The minimum atomic E-state index is -1.35. The Bertz CT molecular complexity index is 3880. The van der Waals surface area contributed by atoms with Crippen LogP contribution in [0.25, 0.3) is 67.8 Å². The number of aromatic carboxylic acids is 1. The molecule has 0 unspecified atom stereocenters. The summed E-state index contributed by atoms with van der Waals surface area (Å²) in [7, 11) is 0. The zero-order valence-electron chi connectivity index (χ0n) is 39.5. The summed E-state index contributed by atoms with van der Waals surface area (Å²) in [5.74, 6) is -1.24. The number of aromatic nitrogens is 5. The number of hydrogen-bond donors (Lipinski definition) is 2. The van der Waals surface area contributed by atoms with Gasteiger partial charge < -0.3 is 9.67 Å². The van der Waals surface area contributed by atoms with Gasteiger partial charge in [-0.25, -0.2) is 14.0 Å². The van der Waals surface area contributed by atoms with E-state index in [0.717, 1.165) is 36.4 Å². The number of rotatable bonds is 8. The molecule has 12 heteroatoms. The van der Waals surface area contributed by atoms with E-state index in [-0.39, 0.29) is 43.7 Å². The molecule has 0 saturated carbocycles. The molecule has 0 aliphatic heterocycles. The number of carboxylic acid groups (broad SMARTS) is 1. The number of nitrogens with one attached hydrogen (secondary N) is 1. The van der Waals surface area contributed by atoms with Crippen molar-refractivity contribution in [2.24, 2.45) is 0 Å². The number of H-pyrrole nitrogens is 1. The smallest absolute Gasteiger partial charge is 0.335 e. The molecule has 0 amide bonds. The second-order valence-electron chi connectivity index (χ2n) is 21.0. The van der Waals surface area contributed by atoms with Crippen LogP contribution in [-0.4, -0.2) is 34.6 Å². The molecule has 0 atom stereocenters. The summed E-state index contributed by atoms with van der Waals surface area (Å²) in [4.78, 5) is 83.7. The van der Waals surface area contributed by atoms with Crippen LogP contribution in [0.15, 0.2) is 115 Å². The Morgan fingerprint density at radius 3 is 1.54 bits per heavy atom. The molecule has 12 nitrogen and oxygen atoms in total. The average Bonchev–Trinajstić information content (AvgIpc) is 3.90. The predicted molar refractivity (Wildman–Crippen MR) is 268 cm³/mol. The Morgan fingerprint density at radius 1 is 0.537 bits per heavy atom. The molecule has 0 radical (unpaired) electrons. The predicted octanol–water partition coefficient (Wildman–Crippen LogP) is 7.36. The number of carbonyl (C=O) groups is 1. The van der Waals surface area contributed by atoms with Gasteiger partial charge in [0, 0.05) is 32.4 Å². The van der Waals surface area contributed by atoms with Crippen molar-refractivity contribution in [2.75, 3.05) is 0 Å². The van der Waals surface area contributed by atoms with E-state index in [0.29, 0.717) is 33.9 Å². The van der Waals surface area contributed by atoms with Crippen molar-refractivity contribution >= 4 is 62.3 Å². The minimum absolute atomic E-state index is 0.0137. The molecule has 0 bridgehead atoms. The Hall–Kier alpha value is -7.60. The van der Waals surface area contributed by atoms with Gasteiger partial charge >= 0.3 is 5.97 Å². The van der Waals surface area contributed by atoms with E-state index >= 15 is 0 Å². The third-order valence-electron chi connectivity index (χ3n) is 14.2. The highest BCUT2D eigenvalue weighted by Crippen LogP contribution is 2.40.